The van der Waals surface area contributed by atoms with E-state index in [9.17, 15) is 9.18 Å². The maximum atomic E-state index is 13.9. The summed E-state index contributed by atoms with van der Waals surface area (Å²) < 4.78 is 30.6. The van der Waals surface area contributed by atoms with E-state index in [1.165, 1.54) is 6.07 Å². The molecule has 6 nitrogen and oxygen atoms in total. The van der Waals surface area contributed by atoms with Gasteiger partial charge in [-0.25, -0.2) is 4.39 Å². The van der Waals surface area contributed by atoms with Gasteiger partial charge in [0.25, 0.3) is 5.91 Å². The van der Waals surface area contributed by atoms with Gasteiger partial charge in [-0.2, -0.15) is 0 Å². The average Bonchev–Trinajstić information content (AvgIpc) is 3.28. The van der Waals surface area contributed by atoms with Crippen molar-refractivity contribution in [1.82, 2.24) is 9.80 Å². The summed E-state index contributed by atoms with van der Waals surface area (Å²) in [5.41, 5.74) is 0.674. The van der Waals surface area contributed by atoms with Crippen LogP contribution in [0.25, 0.3) is 0 Å². The van der Waals surface area contributed by atoms with Crippen molar-refractivity contribution in [2.75, 3.05) is 33.3 Å². The molecule has 1 saturated heterocycles. The Labute approximate surface area is 180 Å². The van der Waals surface area contributed by atoms with Gasteiger partial charge in [-0.1, -0.05) is 30.3 Å². The molecule has 4 rings (SSSR count). The number of ether oxygens (including phenoxy) is 2. The molecule has 2 aromatic carbocycles. The van der Waals surface area contributed by atoms with Gasteiger partial charge >= 0.3 is 0 Å². The molecule has 0 aliphatic carbocycles. The first-order chi connectivity index (χ1) is 15.1. The van der Waals surface area contributed by atoms with Gasteiger partial charge in [0.15, 0.2) is 17.3 Å². The van der Waals surface area contributed by atoms with Crippen LogP contribution < -0.4 is 9.47 Å². The molecule has 3 aromatic rings. The lowest BCUT2D eigenvalue weighted by Gasteiger charge is -2.34. The third-order valence-electron chi connectivity index (χ3n) is 5.32. The van der Waals surface area contributed by atoms with E-state index >= 15 is 0 Å². The molecule has 162 valence electrons. The zero-order valence-electron chi connectivity index (χ0n) is 17.4. The Bertz CT molecular complexity index is 1030. The second-order valence-electron chi connectivity index (χ2n) is 7.37. The summed E-state index contributed by atoms with van der Waals surface area (Å²) in [6, 6.07) is 17.6. The Hall–Kier alpha value is -3.32. The van der Waals surface area contributed by atoms with Gasteiger partial charge in [-0.15, -0.1) is 0 Å². The minimum absolute atomic E-state index is 0.144. The molecular formula is C24H25FN2O4. The molecule has 7 heteroatoms. The average molecular weight is 424 g/mol. The summed E-state index contributed by atoms with van der Waals surface area (Å²) in [6.07, 6.45) is 0. The molecule has 0 spiro atoms. The van der Waals surface area contributed by atoms with Crippen LogP contribution >= 0.6 is 0 Å². The van der Waals surface area contributed by atoms with Crippen LogP contribution in [0.15, 0.2) is 65.1 Å². The lowest BCUT2D eigenvalue weighted by Crippen LogP contribution is -2.48. The molecule has 0 atom stereocenters. The largest absolute Gasteiger partial charge is 0.493 e. The zero-order valence-corrected chi connectivity index (χ0v) is 17.4. The summed E-state index contributed by atoms with van der Waals surface area (Å²) in [4.78, 5) is 16.7. The first-order valence-electron chi connectivity index (χ1n) is 10.2. The number of carbonyl (C=O) groups is 1. The molecule has 1 aliphatic heterocycles. The summed E-state index contributed by atoms with van der Waals surface area (Å²) in [7, 11) is 1.59. The molecule has 1 amide bonds. The number of hydrogen-bond donors (Lipinski definition) is 0. The van der Waals surface area contributed by atoms with E-state index in [1.54, 1.807) is 36.3 Å². The molecule has 0 saturated carbocycles. The van der Waals surface area contributed by atoms with Crippen molar-refractivity contribution in [3.8, 4) is 11.5 Å². The van der Waals surface area contributed by atoms with Crippen LogP contribution in [0.4, 0.5) is 4.39 Å². The van der Waals surface area contributed by atoms with Crippen LogP contribution in [0.5, 0.6) is 11.5 Å². The van der Waals surface area contributed by atoms with E-state index in [4.69, 9.17) is 13.9 Å². The van der Waals surface area contributed by atoms with Crippen LogP contribution in [-0.4, -0.2) is 49.0 Å². The van der Waals surface area contributed by atoms with E-state index in [2.05, 4.69) is 4.90 Å². The van der Waals surface area contributed by atoms with Crippen LogP contribution in [0.3, 0.4) is 0 Å². The van der Waals surface area contributed by atoms with Crippen molar-refractivity contribution < 1.29 is 23.1 Å². The minimum atomic E-state index is -0.195. The van der Waals surface area contributed by atoms with E-state index < -0.39 is 0 Å². The minimum Gasteiger partial charge on any atom is -0.493 e. The number of amides is 1. The second-order valence-corrected chi connectivity index (χ2v) is 7.37. The Balaban J connectivity index is 1.29. The van der Waals surface area contributed by atoms with E-state index in [0.717, 1.165) is 0 Å². The van der Waals surface area contributed by atoms with Crippen molar-refractivity contribution >= 4 is 5.91 Å². The Morgan fingerprint density at radius 1 is 0.968 bits per heavy atom. The topological polar surface area (TPSA) is 55.2 Å². The molecule has 0 unspecified atom stereocenters. The standard InChI is InChI=1S/C24H25FN2O4/c1-29-21-8-4-5-9-22(21)30-17-19-10-11-23(31-19)24(28)27-14-12-26(13-15-27)16-18-6-2-3-7-20(18)25/h2-11H,12-17H2,1H3. The summed E-state index contributed by atoms with van der Waals surface area (Å²) >= 11 is 0. The van der Waals surface area contributed by atoms with Crippen LogP contribution in [-0.2, 0) is 13.2 Å². The first-order valence-corrected chi connectivity index (χ1v) is 10.2. The Morgan fingerprint density at radius 3 is 2.42 bits per heavy atom. The molecule has 31 heavy (non-hydrogen) atoms. The predicted octanol–water partition coefficient (Wildman–Crippen LogP) is 3.96. The van der Waals surface area contributed by atoms with Crippen molar-refractivity contribution in [1.29, 1.82) is 0 Å². The number of para-hydroxylation sites is 2. The lowest BCUT2D eigenvalue weighted by atomic mass is 10.2. The highest BCUT2D eigenvalue weighted by molar-refractivity contribution is 5.91. The smallest absolute Gasteiger partial charge is 0.289 e. The number of carbonyl (C=O) groups excluding carboxylic acids is 1. The first kappa shape index (κ1) is 20.9. The number of rotatable bonds is 7. The predicted molar refractivity (Wildman–Crippen MR) is 114 cm³/mol. The van der Waals surface area contributed by atoms with Crippen molar-refractivity contribution in [2.24, 2.45) is 0 Å². The third-order valence-corrected chi connectivity index (χ3v) is 5.32. The second kappa shape index (κ2) is 9.66. The number of piperazine rings is 1. The fourth-order valence-electron chi connectivity index (χ4n) is 3.59. The van der Waals surface area contributed by atoms with E-state index in [0.29, 0.717) is 61.3 Å². The molecule has 1 fully saturated rings. The van der Waals surface area contributed by atoms with Crippen LogP contribution in [0.1, 0.15) is 21.9 Å². The quantitative estimate of drug-likeness (QED) is 0.575. The zero-order chi connectivity index (χ0) is 21.6. The fourth-order valence-corrected chi connectivity index (χ4v) is 3.59. The SMILES string of the molecule is COc1ccccc1OCc1ccc(C(=O)N2CCN(Cc3ccccc3F)CC2)o1. The fraction of sp³-hybridized carbons (Fsp3) is 0.292. The van der Waals surface area contributed by atoms with E-state index in [-0.39, 0.29) is 18.3 Å². The highest BCUT2D eigenvalue weighted by Gasteiger charge is 2.24. The molecule has 1 aliphatic rings. The highest BCUT2D eigenvalue weighted by Crippen LogP contribution is 2.27. The van der Waals surface area contributed by atoms with Gasteiger partial charge < -0.3 is 18.8 Å². The lowest BCUT2D eigenvalue weighted by molar-refractivity contribution is 0.0592. The molecule has 2 heterocycles. The van der Waals surface area contributed by atoms with Crippen molar-refractivity contribution in [3.63, 3.8) is 0 Å². The highest BCUT2D eigenvalue weighted by atomic mass is 19.1. The molecule has 0 N–H and O–H groups in total. The van der Waals surface area contributed by atoms with Gasteiger partial charge in [-0.3, -0.25) is 9.69 Å². The number of nitrogens with zero attached hydrogens (tertiary/aromatic N) is 2. The maximum Gasteiger partial charge on any atom is 0.289 e. The van der Waals surface area contributed by atoms with E-state index in [1.807, 2.05) is 30.3 Å². The summed E-state index contributed by atoms with van der Waals surface area (Å²) in [6.45, 7) is 3.25. The molecular weight excluding hydrogens is 399 g/mol. The van der Waals surface area contributed by atoms with Crippen LogP contribution in [0, 0.1) is 5.82 Å². The number of halogens is 1. The number of methoxy groups -OCH3 is 1. The summed E-state index contributed by atoms with van der Waals surface area (Å²) in [5.74, 6) is 1.76. The number of hydrogen-bond acceptors (Lipinski definition) is 5. The molecule has 1 aromatic heterocycles. The normalized spacial score (nSPS) is 14.5. The molecule has 0 radical (unpaired) electrons. The Kier molecular flexibility index (Phi) is 6.52. The number of benzene rings is 2. The van der Waals surface area contributed by atoms with Crippen molar-refractivity contribution in [2.45, 2.75) is 13.2 Å². The maximum absolute atomic E-state index is 13.9. The summed E-state index contributed by atoms with van der Waals surface area (Å²) in [5, 5.41) is 0. The number of furan rings is 1. The van der Waals surface area contributed by atoms with Gasteiger partial charge in [0.1, 0.15) is 18.2 Å². The van der Waals surface area contributed by atoms with Gasteiger partial charge in [0.2, 0.25) is 0 Å². The monoisotopic (exact) mass is 424 g/mol. The van der Waals surface area contributed by atoms with Crippen molar-refractivity contribution in [3.05, 3.63) is 83.6 Å². The van der Waals surface area contributed by atoms with Gasteiger partial charge in [0.05, 0.1) is 7.11 Å². The van der Waals surface area contributed by atoms with Gasteiger partial charge in [0, 0.05) is 38.3 Å². The van der Waals surface area contributed by atoms with Gasteiger partial charge in [-0.05, 0) is 30.3 Å². The Morgan fingerprint density at radius 2 is 1.68 bits per heavy atom. The molecule has 0 bridgehead atoms. The third kappa shape index (κ3) is 5.06. The van der Waals surface area contributed by atoms with Crippen LogP contribution in [0.2, 0.25) is 0 Å².